The first kappa shape index (κ1) is 41.6. The fraction of sp³-hybridized carbons (Fsp3) is 0.400. The Morgan fingerprint density at radius 2 is 1.30 bits per heavy atom. The highest BCUT2D eigenvalue weighted by atomic mass is 79.9. The molecule has 0 radical (unpaired) electrons. The van der Waals surface area contributed by atoms with Crippen LogP contribution in [0, 0.1) is 0 Å². The third kappa shape index (κ3) is 17.8. The van der Waals surface area contributed by atoms with Crippen molar-refractivity contribution in [2.45, 2.75) is 6.54 Å². The van der Waals surface area contributed by atoms with E-state index in [4.69, 9.17) is 14.2 Å². The van der Waals surface area contributed by atoms with Crippen LogP contribution in [0.5, 0.6) is 5.88 Å². The highest BCUT2D eigenvalue weighted by molar-refractivity contribution is 9.09. The van der Waals surface area contributed by atoms with Gasteiger partial charge in [-0.3, -0.25) is 9.59 Å². The van der Waals surface area contributed by atoms with Gasteiger partial charge in [-0.05, 0) is 18.2 Å². The number of nitrogens with one attached hydrogen (secondary N) is 1. The molecule has 0 saturated heterocycles. The van der Waals surface area contributed by atoms with Gasteiger partial charge in [0.1, 0.15) is 6.61 Å². The Bertz CT molecular complexity index is 1430. The zero-order chi connectivity index (χ0) is 34.7. The van der Waals surface area contributed by atoms with Crippen LogP contribution in [-0.4, -0.2) is 107 Å². The molecule has 0 saturated carbocycles. The molecule has 1 N–H and O–H groups in total. The zero-order valence-electron chi connectivity index (χ0n) is 26.6. The number of aromatic nitrogens is 3. The summed E-state index contributed by atoms with van der Waals surface area (Å²) in [5.41, 5.74) is 0.384. The van der Waals surface area contributed by atoms with Crippen LogP contribution in [0.3, 0.4) is 0 Å². The summed E-state index contributed by atoms with van der Waals surface area (Å²) in [6.07, 6.45) is 4.44. The fourth-order valence-corrected chi connectivity index (χ4v) is 3.18. The number of rotatable bonds is 12. The minimum absolute atomic E-state index is 0.241. The fourth-order valence-electron chi connectivity index (χ4n) is 2.86. The molecule has 3 rings (SSSR count). The molecular weight excluding hydrogens is 674 g/mol. The van der Waals surface area contributed by atoms with Gasteiger partial charge in [0.2, 0.25) is 11.4 Å². The number of carbonyl (C=O) groups excluding carboxylic acids is 3. The van der Waals surface area contributed by atoms with Crippen LogP contribution in [0.25, 0.3) is 0 Å². The largest absolute Gasteiger partial charge is 0.475 e. The number of methoxy groups -OCH3 is 6. The molecule has 15 nitrogen and oxygen atoms in total. The Balaban J connectivity index is 0.000000621. The van der Waals surface area contributed by atoms with Crippen LogP contribution in [0.4, 0.5) is 0 Å². The maximum absolute atomic E-state index is 11.5. The Kier molecular flexibility index (Phi) is 23.4. The first-order valence-corrected chi connectivity index (χ1v) is 14.5. The first-order chi connectivity index (χ1) is 22.1. The Morgan fingerprint density at radius 3 is 1.78 bits per heavy atom. The van der Waals surface area contributed by atoms with Crippen LogP contribution >= 0.6 is 15.9 Å². The molecule has 254 valence electrons. The molecule has 0 amide bonds. The summed E-state index contributed by atoms with van der Waals surface area (Å²) >= 11 is 3.18. The molecular formula is C30H40BrN3O12. The molecule has 0 aliphatic carbocycles. The van der Waals surface area contributed by atoms with Crippen molar-refractivity contribution in [2.75, 3.05) is 74.4 Å². The van der Waals surface area contributed by atoms with Gasteiger partial charge in [0.05, 0.1) is 57.8 Å². The molecule has 3 aromatic heterocycles. The number of carbonyl (C=O) groups is 3. The maximum Gasteiger partial charge on any atom is 0.338 e. The van der Waals surface area contributed by atoms with Crippen molar-refractivity contribution in [3.05, 3.63) is 92.4 Å². The number of pyridine rings is 3. The van der Waals surface area contributed by atoms with E-state index >= 15 is 0 Å². The first-order valence-electron chi connectivity index (χ1n) is 13.4. The van der Waals surface area contributed by atoms with E-state index in [0.717, 1.165) is 11.9 Å². The Hall–Kier alpha value is -4.38. The van der Waals surface area contributed by atoms with Gasteiger partial charge in [0.15, 0.2) is 0 Å². The summed E-state index contributed by atoms with van der Waals surface area (Å²) in [6, 6.07) is 8.56. The van der Waals surface area contributed by atoms with E-state index in [0.29, 0.717) is 37.8 Å². The number of esters is 3. The van der Waals surface area contributed by atoms with E-state index in [1.54, 1.807) is 39.7 Å². The van der Waals surface area contributed by atoms with Crippen molar-refractivity contribution in [3.63, 3.8) is 0 Å². The second-order valence-corrected chi connectivity index (χ2v) is 9.05. The molecule has 16 heteroatoms. The van der Waals surface area contributed by atoms with Gasteiger partial charge in [-0.15, -0.1) is 0 Å². The standard InChI is InChI=1S/2C10H13NO4.C7H7NO3.C3H7BrO/c1-13-5-6-15-9-7-8(3-4-11-9)10(12)14-2;1-14-6-5-11-4-3-8(7-9(11)12)10(13)15-2;1-11-7(10)5-2-3-8-6(9)4-5;1-5-3-2-4/h2*3-4,7H,5-6H2,1-2H3;2-4H,1H3,(H,8,9);2-3H2,1H3. The summed E-state index contributed by atoms with van der Waals surface area (Å²) in [4.78, 5) is 61.5. The van der Waals surface area contributed by atoms with E-state index in [2.05, 4.69) is 44.8 Å². The minimum Gasteiger partial charge on any atom is -0.475 e. The number of ether oxygens (including phenoxy) is 7. The number of aromatic amines is 1. The molecule has 0 bridgehead atoms. The quantitative estimate of drug-likeness (QED) is 0.125. The predicted molar refractivity (Wildman–Crippen MR) is 171 cm³/mol. The van der Waals surface area contributed by atoms with Crippen LogP contribution in [-0.2, 0) is 35.0 Å². The molecule has 0 aliphatic rings. The summed E-state index contributed by atoms with van der Waals surface area (Å²) in [5, 5.41) is 0.934. The molecule has 46 heavy (non-hydrogen) atoms. The second-order valence-electron chi connectivity index (χ2n) is 8.26. The van der Waals surface area contributed by atoms with Gasteiger partial charge >= 0.3 is 17.9 Å². The van der Waals surface area contributed by atoms with Gasteiger partial charge in [-0.1, -0.05) is 15.9 Å². The van der Waals surface area contributed by atoms with Gasteiger partial charge in [0, 0.05) is 70.0 Å². The van der Waals surface area contributed by atoms with Crippen LogP contribution in [0.2, 0.25) is 0 Å². The summed E-state index contributed by atoms with van der Waals surface area (Å²) in [7, 11) is 8.70. The lowest BCUT2D eigenvalue weighted by Crippen LogP contribution is -2.22. The molecule has 0 spiro atoms. The Labute approximate surface area is 274 Å². The molecule has 0 aliphatic heterocycles. The number of H-pyrrole nitrogens is 1. The molecule has 0 unspecified atom stereocenters. The maximum atomic E-state index is 11.5. The van der Waals surface area contributed by atoms with Crippen LogP contribution < -0.4 is 15.9 Å². The summed E-state index contributed by atoms with van der Waals surface area (Å²) in [6.45, 7) is 2.60. The van der Waals surface area contributed by atoms with Crippen molar-refractivity contribution in [1.82, 2.24) is 14.5 Å². The summed E-state index contributed by atoms with van der Waals surface area (Å²) < 4.78 is 34.5. The van der Waals surface area contributed by atoms with E-state index in [1.807, 2.05) is 0 Å². The average molecular weight is 715 g/mol. The molecule has 0 atom stereocenters. The molecule has 3 heterocycles. The predicted octanol–water partition coefficient (Wildman–Crippen LogP) is 2.36. The van der Waals surface area contributed by atoms with Crippen LogP contribution in [0.15, 0.2) is 64.6 Å². The van der Waals surface area contributed by atoms with Crippen LogP contribution in [0.1, 0.15) is 31.1 Å². The molecule has 0 aromatic carbocycles. The lowest BCUT2D eigenvalue weighted by atomic mass is 10.3. The smallest absolute Gasteiger partial charge is 0.338 e. The third-order valence-electron chi connectivity index (χ3n) is 5.12. The Morgan fingerprint density at radius 1 is 0.739 bits per heavy atom. The number of hydrogen-bond acceptors (Lipinski definition) is 13. The zero-order valence-corrected chi connectivity index (χ0v) is 28.2. The van der Waals surface area contributed by atoms with Crippen molar-refractivity contribution < 1.29 is 47.5 Å². The molecule has 0 fully saturated rings. The number of halogens is 1. The number of hydrogen-bond donors (Lipinski definition) is 1. The van der Waals surface area contributed by atoms with Gasteiger partial charge in [0.25, 0.3) is 5.56 Å². The lowest BCUT2D eigenvalue weighted by Gasteiger charge is -2.05. The molecule has 3 aromatic rings. The third-order valence-corrected chi connectivity index (χ3v) is 5.45. The van der Waals surface area contributed by atoms with Crippen molar-refractivity contribution >= 4 is 33.8 Å². The highest BCUT2D eigenvalue weighted by Gasteiger charge is 2.08. The second kappa shape index (κ2) is 25.9. The minimum atomic E-state index is -0.508. The monoisotopic (exact) mass is 713 g/mol. The number of nitrogens with zero attached hydrogens (tertiary/aromatic N) is 2. The van der Waals surface area contributed by atoms with E-state index in [-0.39, 0.29) is 22.2 Å². The SMILES string of the molecule is COC(=O)c1cc[nH]c(=O)c1.COCCBr.COCCOc1cc(C(=O)OC)ccn1.COCCn1ccc(C(=O)OC)cc1=O. The van der Waals surface area contributed by atoms with E-state index in [9.17, 15) is 24.0 Å². The van der Waals surface area contributed by atoms with Crippen molar-refractivity contribution in [1.29, 1.82) is 0 Å². The van der Waals surface area contributed by atoms with Gasteiger partial charge in [-0.2, -0.15) is 0 Å². The summed E-state index contributed by atoms with van der Waals surface area (Å²) in [5.74, 6) is -1.04. The highest BCUT2D eigenvalue weighted by Crippen LogP contribution is 2.10. The van der Waals surface area contributed by atoms with E-state index in [1.165, 1.54) is 62.6 Å². The topological polar surface area (TPSA) is 184 Å². The average Bonchev–Trinajstić information content (AvgIpc) is 3.08. The number of alkyl halides is 1. The normalized spacial score (nSPS) is 9.54. The van der Waals surface area contributed by atoms with E-state index < -0.39 is 17.9 Å². The van der Waals surface area contributed by atoms with Crippen molar-refractivity contribution in [2.24, 2.45) is 0 Å². The lowest BCUT2D eigenvalue weighted by molar-refractivity contribution is 0.0591. The van der Waals surface area contributed by atoms with Gasteiger partial charge < -0.3 is 42.7 Å². The van der Waals surface area contributed by atoms with Crippen molar-refractivity contribution in [3.8, 4) is 5.88 Å². The van der Waals surface area contributed by atoms with Gasteiger partial charge in [-0.25, -0.2) is 19.4 Å².